The van der Waals surface area contributed by atoms with Gasteiger partial charge in [-0.1, -0.05) is 24.3 Å². The molecule has 10 heteroatoms. The fourth-order valence-corrected chi connectivity index (χ4v) is 5.48. The van der Waals surface area contributed by atoms with E-state index in [0.717, 1.165) is 11.1 Å². The third kappa shape index (κ3) is 5.20. The Balaban J connectivity index is 1.68. The molecular formula is C25H31N3O6S. The van der Waals surface area contributed by atoms with Gasteiger partial charge in [0.25, 0.3) is 10.0 Å². The van der Waals surface area contributed by atoms with Crippen LogP contribution in [0.4, 0.5) is 0 Å². The van der Waals surface area contributed by atoms with Crippen LogP contribution in [0.2, 0.25) is 0 Å². The van der Waals surface area contributed by atoms with Crippen LogP contribution in [0.5, 0.6) is 11.5 Å². The molecule has 2 aromatic carbocycles. The number of rotatable bonds is 11. The van der Waals surface area contributed by atoms with Crippen LogP contribution in [0.15, 0.2) is 59.6 Å². The average Bonchev–Trinajstić information content (AvgIpc) is 3.24. The predicted molar refractivity (Wildman–Crippen MR) is 130 cm³/mol. The second-order valence-corrected chi connectivity index (χ2v) is 10.3. The number of aryl methyl sites for hydroxylation is 1. The molecule has 2 heterocycles. The molecule has 1 saturated heterocycles. The number of aromatic nitrogens is 2. The highest BCUT2D eigenvalue weighted by Crippen LogP contribution is 2.35. The lowest BCUT2D eigenvalue weighted by atomic mass is 9.97. The van der Waals surface area contributed by atoms with Crippen LogP contribution in [0, 0.1) is 0 Å². The van der Waals surface area contributed by atoms with Gasteiger partial charge >= 0.3 is 0 Å². The molecule has 0 N–H and O–H groups in total. The van der Waals surface area contributed by atoms with Crippen molar-refractivity contribution in [3.63, 3.8) is 0 Å². The highest BCUT2D eigenvalue weighted by molar-refractivity contribution is 7.89. The summed E-state index contributed by atoms with van der Waals surface area (Å²) in [7, 11) is 0.967. The Morgan fingerprint density at radius 1 is 0.971 bits per heavy atom. The van der Waals surface area contributed by atoms with E-state index in [2.05, 4.69) is 5.10 Å². The molecule has 0 unspecified atom stereocenters. The molecule has 0 atom stereocenters. The van der Waals surface area contributed by atoms with Crippen molar-refractivity contribution in [2.24, 2.45) is 7.05 Å². The number of methoxy groups -OCH3 is 2. The highest BCUT2D eigenvalue weighted by atomic mass is 32.2. The van der Waals surface area contributed by atoms with Gasteiger partial charge < -0.3 is 18.9 Å². The smallest absolute Gasteiger partial charge is 0.263 e. The Kier molecular flexibility index (Phi) is 7.46. The van der Waals surface area contributed by atoms with Gasteiger partial charge in [0.1, 0.15) is 11.5 Å². The first-order valence-electron chi connectivity index (χ1n) is 11.3. The number of nitrogens with zero attached hydrogens (tertiary/aromatic N) is 3. The Morgan fingerprint density at radius 2 is 1.49 bits per heavy atom. The maximum Gasteiger partial charge on any atom is 0.263 e. The zero-order valence-electron chi connectivity index (χ0n) is 20.4. The van der Waals surface area contributed by atoms with Gasteiger partial charge in [0.2, 0.25) is 0 Å². The average molecular weight is 502 g/mol. The van der Waals surface area contributed by atoms with Crippen molar-refractivity contribution < 1.29 is 27.4 Å². The van der Waals surface area contributed by atoms with Crippen molar-refractivity contribution in [2.45, 2.75) is 30.6 Å². The van der Waals surface area contributed by atoms with Crippen molar-refractivity contribution in [3.8, 4) is 11.5 Å². The summed E-state index contributed by atoms with van der Waals surface area (Å²) in [6, 6.07) is 16.3. The van der Waals surface area contributed by atoms with Crippen molar-refractivity contribution in [1.82, 2.24) is 14.1 Å². The maximum absolute atomic E-state index is 13.9. The Bertz CT molecular complexity index is 1190. The molecule has 188 valence electrons. The Hall–Kier alpha value is -2.92. The van der Waals surface area contributed by atoms with Crippen LogP contribution in [0.3, 0.4) is 0 Å². The lowest BCUT2D eigenvalue weighted by Gasteiger charge is -2.40. The third-order valence-electron chi connectivity index (χ3n) is 6.06. The number of hydrogen-bond donors (Lipinski definition) is 0. The molecular weight excluding hydrogens is 470 g/mol. The number of benzene rings is 2. The van der Waals surface area contributed by atoms with Crippen molar-refractivity contribution in [1.29, 1.82) is 0 Å². The summed E-state index contributed by atoms with van der Waals surface area (Å²) < 4.78 is 52.5. The van der Waals surface area contributed by atoms with E-state index in [1.54, 1.807) is 32.0 Å². The molecule has 3 aromatic rings. The molecule has 35 heavy (non-hydrogen) atoms. The SMILES string of the molecule is CCOC1(c2cc(S(=O)(=O)N(Cc3ccc(OC)cc3)Cc3ccc(OC)cc3)nn2C)COC1. The van der Waals surface area contributed by atoms with Crippen LogP contribution < -0.4 is 9.47 Å². The molecule has 0 radical (unpaired) electrons. The van der Waals surface area contributed by atoms with E-state index in [-0.39, 0.29) is 18.1 Å². The van der Waals surface area contributed by atoms with Gasteiger partial charge in [0.15, 0.2) is 10.6 Å². The summed E-state index contributed by atoms with van der Waals surface area (Å²) in [5.41, 5.74) is 1.66. The van der Waals surface area contributed by atoms with E-state index in [4.69, 9.17) is 18.9 Å². The van der Waals surface area contributed by atoms with E-state index in [0.29, 0.717) is 37.0 Å². The molecule has 0 aliphatic carbocycles. The molecule has 0 bridgehead atoms. The topological polar surface area (TPSA) is 92.1 Å². The lowest BCUT2D eigenvalue weighted by molar-refractivity contribution is -0.218. The van der Waals surface area contributed by atoms with Crippen LogP contribution in [-0.4, -0.2) is 56.5 Å². The van der Waals surface area contributed by atoms with Crippen LogP contribution in [0.25, 0.3) is 0 Å². The normalized spacial score (nSPS) is 15.1. The van der Waals surface area contributed by atoms with E-state index in [1.807, 2.05) is 55.5 Å². The summed E-state index contributed by atoms with van der Waals surface area (Å²) in [4.78, 5) is 0. The molecule has 0 saturated carbocycles. The summed E-state index contributed by atoms with van der Waals surface area (Å²) >= 11 is 0. The summed E-state index contributed by atoms with van der Waals surface area (Å²) in [5, 5.41) is 4.36. The molecule has 1 aliphatic rings. The summed E-state index contributed by atoms with van der Waals surface area (Å²) in [5.74, 6) is 1.41. The molecule has 1 fully saturated rings. The van der Waals surface area contributed by atoms with E-state index >= 15 is 0 Å². The number of sulfonamides is 1. The molecule has 1 aromatic heterocycles. The van der Waals surface area contributed by atoms with E-state index in [9.17, 15) is 8.42 Å². The minimum absolute atomic E-state index is 0.0250. The molecule has 0 spiro atoms. The lowest BCUT2D eigenvalue weighted by Crippen LogP contribution is -2.50. The molecule has 0 amide bonds. The van der Waals surface area contributed by atoms with Crippen LogP contribution in [0.1, 0.15) is 23.7 Å². The van der Waals surface area contributed by atoms with Gasteiger partial charge in [-0.05, 0) is 42.3 Å². The molecule has 9 nitrogen and oxygen atoms in total. The standard InChI is InChI=1S/C25H31N3O6S/c1-5-34-25(17-33-18-25)23-14-24(26-27(23)2)35(29,30)28(15-19-6-10-21(31-3)11-7-19)16-20-8-12-22(32-4)13-9-20/h6-14H,5,15-18H2,1-4H3. The van der Waals surface area contributed by atoms with Gasteiger partial charge in [0, 0.05) is 32.8 Å². The minimum Gasteiger partial charge on any atom is -0.497 e. The van der Waals surface area contributed by atoms with Crippen molar-refractivity contribution in [2.75, 3.05) is 34.0 Å². The first-order chi connectivity index (χ1) is 16.8. The summed E-state index contributed by atoms with van der Waals surface area (Å²) in [6.45, 7) is 3.45. The quantitative estimate of drug-likeness (QED) is 0.399. The monoisotopic (exact) mass is 501 g/mol. The first-order valence-corrected chi connectivity index (χ1v) is 12.8. The van der Waals surface area contributed by atoms with Gasteiger partial charge in [0.05, 0.1) is 33.1 Å². The first kappa shape index (κ1) is 25.2. The zero-order valence-corrected chi connectivity index (χ0v) is 21.2. The highest BCUT2D eigenvalue weighted by Gasteiger charge is 2.45. The fraction of sp³-hybridized carbons (Fsp3) is 0.400. The maximum atomic E-state index is 13.9. The second kappa shape index (κ2) is 10.4. The van der Waals surface area contributed by atoms with Crippen molar-refractivity contribution in [3.05, 3.63) is 71.4 Å². The minimum atomic E-state index is -3.95. The molecule has 1 aliphatic heterocycles. The largest absolute Gasteiger partial charge is 0.497 e. The van der Waals surface area contributed by atoms with Gasteiger partial charge in [-0.3, -0.25) is 4.68 Å². The predicted octanol–water partition coefficient (Wildman–Crippen LogP) is 3.09. The van der Waals surface area contributed by atoms with Gasteiger partial charge in [-0.15, -0.1) is 0 Å². The number of ether oxygens (including phenoxy) is 4. The number of hydrogen-bond acceptors (Lipinski definition) is 7. The fourth-order valence-electron chi connectivity index (χ4n) is 4.09. The van der Waals surface area contributed by atoms with E-state index < -0.39 is 15.6 Å². The Morgan fingerprint density at radius 3 is 1.89 bits per heavy atom. The molecule has 4 rings (SSSR count). The Labute approximate surface area is 206 Å². The van der Waals surface area contributed by atoms with Gasteiger partial charge in [-0.25, -0.2) is 8.42 Å². The van der Waals surface area contributed by atoms with Crippen LogP contribution >= 0.6 is 0 Å². The zero-order chi connectivity index (χ0) is 25.1. The van der Waals surface area contributed by atoms with Gasteiger partial charge in [-0.2, -0.15) is 9.40 Å². The van der Waals surface area contributed by atoms with Crippen LogP contribution in [-0.2, 0) is 45.2 Å². The second-order valence-electron chi connectivity index (χ2n) is 8.38. The third-order valence-corrected chi connectivity index (χ3v) is 7.72. The van der Waals surface area contributed by atoms with Crippen molar-refractivity contribution >= 4 is 10.0 Å². The summed E-state index contributed by atoms with van der Waals surface area (Å²) in [6.07, 6.45) is 0. The van der Waals surface area contributed by atoms with E-state index in [1.165, 1.54) is 4.31 Å².